The highest BCUT2D eigenvalue weighted by molar-refractivity contribution is 5.89. The summed E-state index contributed by atoms with van der Waals surface area (Å²) < 4.78 is 14.4. The Kier molecular flexibility index (Phi) is 6.68. The van der Waals surface area contributed by atoms with E-state index in [1.54, 1.807) is 38.5 Å². The van der Waals surface area contributed by atoms with Crippen LogP contribution in [0.15, 0.2) is 54.6 Å². The topological polar surface area (TPSA) is 44.8 Å². The van der Waals surface area contributed by atoms with Crippen LogP contribution in [0.2, 0.25) is 0 Å². The fraction of sp³-hybridized carbons (Fsp3) is 0.188. The minimum atomic E-state index is -0.336. The zero-order valence-corrected chi connectivity index (χ0v) is 11.8. The van der Waals surface area contributed by atoms with Gasteiger partial charge >= 0.3 is 5.97 Å². The van der Waals surface area contributed by atoms with E-state index in [1.165, 1.54) is 7.11 Å². The second-order valence-electron chi connectivity index (χ2n) is 3.74. The molecule has 0 fully saturated rings. The number of carbonyl (C=O) groups is 1. The molecule has 0 aromatic heterocycles. The lowest BCUT2D eigenvalue weighted by Gasteiger charge is -2.00. The van der Waals surface area contributed by atoms with Crippen molar-refractivity contribution in [3.63, 3.8) is 0 Å². The van der Waals surface area contributed by atoms with Crippen molar-refractivity contribution in [1.29, 1.82) is 0 Å². The molecule has 2 aromatic carbocycles. The fourth-order valence-corrected chi connectivity index (χ4v) is 1.40. The van der Waals surface area contributed by atoms with Gasteiger partial charge in [0.15, 0.2) is 0 Å². The molecule has 0 aliphatic heterocycles. The molecule has 2 rings (SSSR count). The van der Waals surface area contributed by atoms with Gasteiger partial charge in [-0.1, -0.05) is 18.2 Å². The van der Waals surface area contributed by atoms with E-state index in [9.17, 15) is 4.79 Å². The molecule has 0 unspecified atom stereocenters. The minimum absolute atomic E-state index is 0.336. The van der Waals surface area contributed by atoms with Crippen molar-refractivity contribution in [2.45, 2.75) is 0 Å². The summed E-state index contributed by atoms with van der Waals surface area (Å²) in [6.45, 7) is 0. The van der Waals surface area contributed by atoms with Crippen LogP contribution >= 0.6 is 0 Å². The highest BCUT2D eigenvalue weighted by Crippen LogP contribution is 2.11. The third-order valence-corrected chi connectivity index (χ3v) is 2.49. The van der Waals surface area contributed by atoms with Gasteiger partial charge in [-0.25, -0.2) is 4.79 Å². The van der Waals surface area contributed by atoms with E-state index in [-0.39, 0.29) is 5.97 Å². The van der Waals surface area contributed by atoms with Gasteiger partial charge in [0.2, 0.25) is 0 Å². The molecule has 0 amide bonds. The standard InChI is InChI=1S/C9H10O3.C7H8O/c1-11-8-5-3-7(4-6-8)9(10)12-2;1-8-7-5-3-2-4-6-7/h3-6H,1-2H3;2-6H,1H3. The number of hydrogen-bond donors (Lipinski definition) is 0. The molecule has 0 N–H and O–H groups in total. The summed E-state index contributed by atoms with van der Waals surface area (Å²) in [5.41, 5.74) is 0.526. The molecule has 0 spiro atoms. The summed E-state index contributed by atoms with van der Waals surface area (Å²) in [4.78, 5) is 11.0. The van der Waals surface area contributed by atoms with Crippen LogP contribution in [0.4, 0.5) is 0 Å². The third-order valence-electron chi connectivity index (χ3n) is 2.49. The van der Waals surface area contributed by atoms with Gasteiger partial charge in [-0.05, 0) is 36.4 Å². The molecule has 0 aliphatic rings. The van der Waals surface area contributed by atoms with Crippen molar-refractivity contribution in [2.24, 2.45) is 0 Å². The number of rotatable bonds is 3. The SMILES string of the molecule is COC(=O)c1ccc(OC)cc1.COc1ccccc1. The molecule has 0 heterocycles. The second kappa shape index (κ2) is 8.58. The van der Waals surface area contributed by atoms with Gasteiger partial charge < -0.3 is 14.2 Å². The van der Waals surface area contributed by atoms with E-state index in [2.05, 4.69) is 4.74 Å². The normalized spacial score (nSPS) is 8.95. The Morgan fingerprint density at radius 1 is 0.750 bits per heavy atom. The number of esters is 1. The first-order chi connectivity index (χ1) is 9.71. The summed E-state index contributed by atoms with van der Waals surface area (Å²) in [5, 5.41) is 0. The zero-order chi connectivity index (χ0) is 14.8. The summed E-state index contributed by atoms with van der Waals surface area (Å²) >= 11 is 0. The Morgan fingerprint density at radius 3 is 1.65 bits per heavy atom. The summed E-state index contributed by atoms with van der Waals surface area (Å²) in [6.07, 6.45) is 0. The minimum Gasteiger partial charge on any atom is -0.497 e. The van der Waals surface area contributed by atoms with Crippen LogP contribution in [-0.4, -0.2) is 27.3 Å². The van der Waals surface area contributed by atoms with Crippen molar-refractivity contribution in [3.05, 3.63) is 60.2 Å². The smallest absolute Gasteiger partial charge is 0.337 e. The summed E-state index contributed by atoms with van der Waals surface area (Å²) in [7, 11) is 4.59. The molecule has 0 bridgehead atoms. The van der Waals surface area contributed by atoms with Crippen LogP contribution in [-0.2, 0) is 4.74 Å². The Balaban J connectivity index is 0.000000217. The maximum Gasteiger partial charge on any atom is 0.337 e. The van der Waals surface area contributed by atoms with E-state index in [1.807, 2.05) is 30.3 Å². The molecule has 106 valence electrons. The lowest BCUT2D eigenvalue weighted by atomic mass is 10.2. The molecule has 0 radical (unpaired) electrons. The summed E-state index contributed by atoms with van der Waals surface area (Å²) in [6, 6.07) is 16.4. The van der Waals surface area contributed by atoms with Crippen LogP contribution in [0.3, 0.4) is 0 Å². The number of carbonyl (C=O) groups excluding carboxylic acids is 1. The maximum atomic E-state index is 11.0. The number of para-hydroxylation sites is 1. The summed E-state index contributed by atoms with van der Waals surface area (Å²) in [5.74, 6) is 1.30. The molecule has 0 atom stereocenters. The molecular weight excluding hydrogens is 256 g/mol. The lowest BCUT2D eigenvalue weighted by Crippen LogP contribution is -2.00. The van der Waals surface area contributed by atoms with E-state index >= 15 is 0 Å². The monoisotopic (exact) mass is 274 g/mol. The first kappa shape index (κ1) is 15.6. The van der Waals surface area contributed by atoms with Gasteiger partial charge in [-0.2, -0.15) is 0 Å². The first-order valence-electron chi connectivity index (χ1n) is 6.02. The van der Waals surface area contributed by atoms with Gasteiger partial charge in [0.05, 0.1) is 26.9 Å². The molecule has 4 heteroatoms. The average molecular weight is 274 g/mol. The van der Waals surface area contributed by atoms with Gasteiger partial charge in [0, 0.05) is 0 Å². The van der Waals surface area contributed by atoms with Crippen LogP contribution in [0, 0.1) is 0 Å². The number of hydrogen-bond acceptors (Lipinski definition) is 4. The molecule has 4 nitrogen and oxygen atoms in total. The lowest BCUT2D eigenvalue weighted by molar-refractivity contribution is 0.0600. The molecule has 0 aliphatic carbocycles. The van der Waals surface area contributed by atoms with Crippen LogP contribution in [0.25, 0.3) is 0 Å². The average Bonchev–Trinajstić information content (AvgIpc) is 2.55. The van der Waals surface area contributed by atoms with Crippen molar-refractivity contribution < 1.29 is 19.0 Å². The Morgan fingerprint density at radius 2 is 1.25 bits per heavy atom. The van der Waals surface area contributed by atoms with Crippen molar-refractivity contribution in [2.75, 3.05) is 21.3 Å². The zero-order valence-electron chi connectivity index (χ0n) is 11.8. The number of ether oxygens (including phenoxy) is 3. The van der Waals surface area contributed by atoms with Gasteiger partial charge in [-0.3, -0.25) is 0 Å². The highest BCUT2D eigenvalue weighted by atomic mass is 16.5. The van der Waals surface area contributed by atoms with Crippen LogP contribution < -0.4 is 9.47 Å². The second-order valence-corrected chi connectivity index (χ2v) is 3.74. The van der Waals surface area contributed by atoms with E-state index in [0.717, 1.165) is 11.5 Å². The number of methoxy groups -OCH3 is 3. The largest absolute Gasteiger partial charge is 0.497 e. The third kappa shape index (κ3) is 5.02. The molecular formula is C16H18O4. The van der Waals surface area contributed by atoms with Crippen LogP contribution in [0.1, 0.15) is 10.4 Å². The quantitative estimate of drug-likeness (QED) is 0.806. The predicted octanol–water partition coefficient (Wildman–Crippen LogP) is 3.18. The van der Waals surface area contributed by atoms with Gasteiger partial charge in [0.25, 0.3) is 0 Å². The molecule has 20 heavy (non-hydrogen) atoms. The Labute approximate surface area is 118 Å². The van der Waals surface area contributed by atoms with E-state index in [4.69, 9.17) is 9.47 Å². The van der Waals surface area contributed by atoms with Crippen molar-refractivity contribution in [3.8, 4) is 11.5 Å². The predicted molar refractivity (Wildman–Crippen MR) is 77.3 cm³/mol. The molecule has 0 saturated carbocycles. The molecule has 0 saturated heterocycles. The van der Waals surface area contributed by atoms with Crippen molar-refractivity contribution >= 4 is 5.97 Å². The van der Waals surface area contributed by atoms with Gasteiger partial charge in [0.1, 0.15) is 11.5 Å². The van der Waals surface area contributed by atoms with Crippen molar-refractivity contribution in [1.82, 2.24) is 0 Å². The molecule has 2 aromatic rings. The first-order valence-corrected chi connectivity index (χ1v) is 6.02. The van der Waals surface area contributed by atoms with Crippen LogP contribution in [0.5, 0.6) is 11.5 Å². The van der Waals surface area contributed by atoms with Gasteiger partial charge in [-0.15, -0.1) is 0 Å². The fourth-order valence-electron chi connectivity index (χ4n) is 1.40. The number of benzene rings is 2. The highest BCUT2D eigenvalue weighted by Gasteiger charge is 2.03. The Bertz CT molecular complexity index is 506. The van der Waals surface area contributed by atoms with E-state index < -0.39 is 0 Å². The maximum absolute atomic E-state index is 11.0. The Hall–Kier alpha value is -2.49. The van der Waals surface area contributed by atoms with E-state index in [0.29, 0.717) is 5.56 Å².